The molecule has 0 atom stereocenters. The number of pyridine rings is 1. The summed E-state index contributed by atoms with van der Waals surface area (Å²) in [5, 5.41) is 0. The lowest BCUT2D eigenvalue weighted by Crippen LogP contribution is -2.10. The number of nitrogen functional groups attached to an aromatic ring is 1. The molecule has 1 aromatic heterocycles. The number of ether oxygens (including phenoxy) is 1. The molecule has 2 aromatic rings. The molecule has 2 rings (SSSR count). The Morgan fingerprint density at radius 1 is 1.21 bits per heavy atom. The fourth-order valence-corrected chi connectivity index (χ4v) is 1.75. The van der Waals surface area contributed by atoms with Crippen LogP contribution in [0.15, 0.2) is 36.5 Å². The first kappa shape index (κ1) is 13.2. The third-order valence-corrected chi connectivity index (χ3v) is 2.58. The molecule has 0 aliphatic rings. The van der Waals surface area contributed by atoms with Crippen LogP contribution in [0.2, 0.25) is 0 Å². The van der Waals surface area contributed by atoms with Gasteiger partial charge in [-0.2, -0.15) is 13.2 Å². The van der Waals surface area contributed by atoms with Crippen LogP contribution in [-0.2, 0) is 6.18 Å². The van der Waals surface area contributed by atoms with Crippen molar-refractivity contribution in [1.29, 1.82) is 0 Å². The Balaban J connectivity index is 2.69. The van der Waals surface area contributed by atoms with Crippen molar-refractivity contribution in [3.05, 3.63) is 42.1 Å². The monoisotopic (exact) mass is 268 g/mol. The first-order chi connectivity index (χ1) is 8.93. The molecule has 0 saturated heterocycles. The molecule has 0 aliphatic heterocycles. The van der Waals surface area contributed by atoms with Crippen LogP contribution in [0.4, 0.5) is 18.9 Å². The number of nitrogens with zero attached hydrogens (tertiary/aromatic N) is 1. The molecule has 3 nitrogen and oxygen atoms in total. The maximum atomic E-state index is 13.0. The number of para-hydroxylation sites is 1. The van der Waals surface area contributed by atoms with E-state index in [0.717, 1.165) is 6.07 Å². The van der Waals surface area contributed by atoms with Crippen molar-refractivity contribution in [2.75, 3.05) is 12.8 Å². The number of nitrogens with two attached hydrogens (primary N) is 1. The molecule has 6 heteroatoms. The zero-order valence-electron chi connectivity index (χ0n) is 10.0. The molecule has 0 saturated carbocycles. The third kappa shape index (κ3) is 2.62. The van der Waals surface area contributed by atoms with Gasteiger partial charge in [0.1, 0.15) is 5.75 Å². The summed E-state index contributed by atoms with van der Waals surface area (Å²) in [5.74, 6) is 0.324. The molecule has 100 valence electrons. The summed E-state index contributed by atoms with van der Waals surface area (Å²) in [6.45, 7) is 0. The van der Waals surface area contributed by atoms with E-state index in [1.165, 1.54) is 19.4 Å². The van der Waals surface area contributed by atoms with E-state index in [2.05, 4.69) is 4.98 Å². The Bertz CT molecular complexity index is 597. The average Bonchev–Trinajstić information content (AvgIpc) is 2.37. The zero-order chi connectivity index (χ0) is 14.0. The van der Waals surface area contributed by atoms with E-state index in [1.54, 1.807) is 18.2 Å². The molecule has 19 heavy (non-hydrogen) atoms. The summed E-state index contributed by atoms with van der Waals surface area (Å²) in [6.07, 6.45) is -3.34. The molecular weight excluding hydrogens is 257 g/mol. The van der Waals surface area contributed by atoms with E-state index in [1.807, 2.05) is 0 Å². The molecule has 0 aliphatic carbocycles. The number of benzene rings is 1. The second kappa shape index (κ2) is 4.79. The van der Waals surface area contributed by atoms with E-state index in [9.17, 15) is 13.2 Å². The fraction of sp³-hybridized carbons (Fsp3) is 0.154. The Morgan fingerprint density at radius 2 is 1.89 bits per heavy atom. The van der Waals surface area contributed by atoms with Gasteiger partial charge >= 0.3 is 6.18 Å². The van der Waals surface area contributed by atoms with Gasteiger partial charge in [-0.3, -0.25) is 4.98 Å². The number of rotatable bonds is 2. The second-order valence-electron chi connectivity index (χ2n) is 3.86. The minimum absolute atomic E-state index is 0.0361. The fourth-order valence-electron chi connectivity index (χ4n) is 1.75. The highest BCUT2D eigenvalue weighted by molar-refractivity contribution is 5.71. The van der Waals surface area contributed by atoms with Gasteiger partial charge in [0.2, 0.25) is 0 Å². The number of hydrogen-bond donors (Lipinski definition) is 1. The van der Waals surface area contributed by atoms with Crippen LogP contribution in [-0.4, -0.2) is 12.1 Å². The number of aromatic nitrogens is 1. The van der Waals surface area contributed by atoms with Crippen molar-refractivity contribution in [3.8, 4) is 17.0 Å². The summed E-state index contributed by atoms with van der Waals surface area (Å²) >= 11 is 0. The molecule has 0 fully saturated rings. The van der Waals surface area contributed by atoms with Crippen LogP contribution >= 0.6 is 0 Å². The summed E-state index contributed by atoms with van der Waals surface area (Å²) in [4.78, 5) is 3.80. The van der Waals surface area contributed by atoms with Crippen molar-refractivity contribution in [2.45, 2.75) is 6.18 Å². The Kier molecular flexibility index (Phi) is 3.33. The van der Waals surface area contributed by atoms with Gasteiger partial charge in [-0.1, -0.05) is 12.1 Å². The number of alkyl halides is 3. The topological polar surface area (TPSA) is 48.1 Å². The average molecular weight is 268 g/mol. The lowest BCUT2D eigenvalue weighted by molar-refractivity contribution is -0.137. The van der Waals surface area contributed by atoms with E-state index >= 15 is 0 Å². The van der Waals surface area contributed by atoms with E-state index in [0.29, 0.717) is 5.75 Å². The molecule has 0 radical (unpaired) electrons. The van der Waals surface area contributed by atoms with Gasteiger partial charge in [0, 0.05) is 5.56 Å². The Hall–Kier alpha value is -2.24. The minimum Gasteiger partial charge on any atom is -0.496 e. The van der Waals surface area contributed by atoms with E-state index < -0.39 is 11.7 Å². The molecule has 0 unspecified atom stereocenters. The van der Waals surface area contributed by atoms with Gasteiger partial charge in [-0.05, 0) is 18.2 Å². The van der Waals surface area contributed by atoms with Crippen molar-refractivity contribution in [1.82, 2.24) is 4.98 Å². The molecule has 0 bridgehead atoms. The smallest absolute Gasteiger partial charge is 0.418 e. The largest absolute Gasteiger partial charge is 0.496 e. The molecule has 1 aromatic carbocycles. The second-order valence-corrected chi connectivity index (χ2v) is 3.86. The van der Waals surface area contributed by atoms with Gasteiger partial charge < -0.3 is 10.5 Å². The first-order valence-corrected chi connectivity index (χ1v) is 5.39. The highest BCUT2D eigenvalue weighted by atomic mass is 19.4. The molecule has 0 amide bonds. The molecule has 1 heterocycles. The van der Waals surface area contributed by atoms with Crippen LogP contribution in [0.1, 0.15) is 5.56 Å². The third-order valence-electron chi connectivity index (χ3n) is 2.58. The van der Waals surface area contributed by atoms with Crippen LogP contribution in [0, 0.1) is 0 Å². The predicted octanol–water partition coefficient (Wildman–Crippen LogP) is 3.36. The first-order valence-electron chi connectivity index (χ1n) is 5.39. The highest BCUT2D eigenvalue weighted by Crippen LogP contribution is 2.39. The van der Waals surface area contributed by atoms with Gasteiger partial charge in [-0.25, -0.2) is 0 Å². The maximum absolute atomic E-state index is 13.0. The Labute approximate surface area is 107 Å². The molecular formula is C13H11F3N2O. The lowest BCUT2D eigenvalue weighted by atomic mass is 10.0. The van der Waals surface area contributed by atoms with Crippen molar-refractivity contribution in [2.24, 2.45) is 0 Å². The Morgan fingerprint density at radius 3 is 2.53 bits per heavy atom. The van der Waals surface area contributed by atoms with Crippen molar-refractivity contribution < 1.29 is 17.9 Å². The number of methoxy groups -OCH3 is 1. The van der Waals surface area contributed by atoms with Gasteiger partial charge in [0.25, 0.3) is 0 Å². The quantitative estimate of drug-likeness (QED) is 0.908. The molecule has 0 spiro atoms. The van der Waals surface area contributed by atoms with Crippen molar-refractivity contribution >= 4 is 5.69 Å². The van der Waals surface area contributed by atoms with Gasteiger partial charge in [0.05, 0.1) is 30.3 Å². The summed E-state index contributed by atoms with van der Waals surface area (Å²) in [7, 11) is 1.39. The van der Waals surface area contributed by atoms with Crippen molar-refractivity contribution in [3.63, 3.8) is 0 Å². The highest BCUT2D eigenvalue weighted by Gasteiger charge is 2.35. The summed E-state index contributed by atoms with van der Waals surface area (Å²) in [5.41, 5.74) is 4.55. The lowest BCUT2D eigenvalue weighted by Gasteiger charge is -2.14. The predicted molar refractivity (Wildman–Crippen MR) is 65.6 cm³/mol. The summed E-state index contributed by atoms with van der Waals surface area (Å²) < 4.78 is 44.1. The zero-order valence-corrected chi connectivity index (χ0v) is 10.0. The number of halogens is 3. The summed E-state index contributed by atoms with van der Waals surface area (Å²) in [6, 6.07) is 7.26. The molecule has 2 N–H and O–H groups in total. The SMILES string of the molecule is COc1ccccc1-c1ncc(N)cc1C(F)(F)F. The number of hydrogen-bond acceptors (Lipinski definition) is 3. The maximum Gasteiger partial charge on any atom is 0.418 e. The van der Waals surface area contributed by atoms with Crippen LogP contribution in [0.3, 0.4) is 0 Å². The normalized spacial score (nSPS) is 11.4. The minimum atomic E-state index is -4.53. The standard InChI is InChI=1S/C13H11F3N2O/c1-19-11-5-3-2-4-9(11)12-10(13(14,15)16)6-8(17)7-18-12/h2-7H,17H2,1H3. The van der Waals surface area contributed by atoms with E-state index in [4.69, 9.17) is 10.5 Å². The van der Waals surface area contributed by atoms with Crippen LogP contribution in [0.5, 0.6) is 5.75 Å². The van der Waals surface area contributed by atoms with Gasteiger partial charge in [0.15, 0.2) is 0 Å². The van der Waals surface area contributed by atoms with E-state index in [-0.39, 0.29) is 16.9 Å². The van der Waals surface area contributed by atoms with Gasteiger partial charge in [-0.15, -0.1) is 0 Å². The van der Waals surface area contributed by atoms with Crippen LogP contribution in [0.25, 0.3) is 11.3 Å². The number of anilines is 1. The van der Waals surface area contributed by atoms with Crippen LogP contribution < -0.4 is 10.5 Å².